The molecule has 0 radical (unpaired) electrons. The van der Waals surface area contributed by atoms with Gasteiger partial charge in [-0.25, -0.2) is 0 Å². The van der Waals surface area contributed by atoms with Crippen LogP contribution < -0.4 is 22.5 Å². The predicted octanol–water partition coefficient (Wildman–Crippen LogP) is 3.19. The number of hydrogen-bond acceptors (Lipinski definition) is 4. The molecule has 0 aliphatic rings. The second-order valence-corrected chi connectivity index (χ2v) is 6.68. The van der Waals surface area contributed by atoms with Crippen molar-refractivity contribution in [3.8, 4) is 0 Å². The van der Waals surface area contributed by atoms with Gasteiger partial charge in [-0.05, 0) is 6.42 Å². The first-order chi connectivity index (χ1) is 10.4. The van der Waals surface area contributed by atoms with Gasteiger partial charge in [-0.15, -0.1) is 0 Å². The Morgan fingerprint density at radius 3 is 1.54 bits per heavy atom. The molecule has 0 aromatic carbocycles. The minimum atomic E-state index is -1.33. The summed E-state index contributed by atoms with van der Waals surface area (Å²) in [5.41, 5.74) is -1.33. The summed E-state index contributed by atoms with van der Waals surface area (Å²) in [6, 6.07) is 0. The summed E-state index contributed by atoms with van der Waals surface area (Å²) >= 11 is 0. The van der Waals surface area contributed by atoms with Gasteiger partial charge in [0.1, 0.15) is 0 Å². The molecule has 2 atom stereocenters. The molecule has 0 aliphatic carbocycles. The molecule has 0 saturated carbocycles. The predicted molar refractivity (Wildman–Crippen MR) is 95.7 cm³/mol. The third-order valence-electron chi connectivity index (χ3n) is 4.83. The molecule has 0 aliphatic heterocycles. The van der Waals surface area contributed by atoms with Crippen LogP contribution in [0.3, 0.4) is 0 Å². The Kier molecular flexibility index (Phi) is 17.8. The van der Waals surface area contributed by atoms with Crippen LogP contribution in [0.15, 0.2) is 0 Å². The number of rotatable bonds is 14. The maximum atomic E-state index is 11.3. The van der Waals surface area contributed by atoms with Crippen LogP contribution in [0.25, 0.3) is 0 Å². The van der Waals surface area contributed by atoms with E-state index in [9.17, 15) is 19.8 Å². The van der Waals surface area contributed by atoms with E-state index in [1.54, 1.807) is 0 Å². The lowest BCUT2D eigenvalue weighted by molar-refractivity contribution is -0.334. The van der Waals surface area contributed by atoms with E-state index < -0.39 is 23.3 Å². The highest BCUT2D eigenvalue weighted by Crippen LogP contribution is 2.32. The Morgan fingerprint density at radius 2 is 1.21 bits per heavy atom. The van der Waals surface area contributed by atoms with Gasteiger partial charge in [-0.3, -0.25) is 0 Å². The van der Waals surface area contributed by atoms with Crippen molar-refractivity contribution < 1.29 is 19.8 Å². The van der Waals surface area contributed by atoms with E-state index >= 15 is 0 Å². The number of carbonyl (C=O) groups is 2. The molecule has 0 aromatic rings. The van der Waals surface area contributed by atoms with E-state index in [-0.39, 0.29) is 12.3 Å². The molecule has 0 rings (SSSR count). The third kappa shape index (κ3) is 10.6. The zero-order chi connectivity index (χ0) is 17.0. The van der Waals surface area contributed by atoms with E-state index in [0.29, 0.717) is 6.42 Å². The van der Waals surface area contributed by atoms with Gasteiger partial charge in [-0.1, -0.05) is 85.0 Å². The Labute approximate surface area is 147 Å². The standard InChI is InChI=1S/C18H34O4.2H3N/c1-4-5-6-7-8-9-10-11-12-13-14-18(3,17(21)22)15(2)16(19)20;;/h15H,4-14H2,1-3H3,(H,19,20)(H,21,22);2*1H3. The highest BCUT2D eigenvalue weighted by atomic mass is 16.4. The average molecular weight is 349 g/mol. The quantitative estimate of drug-likeness (QED) is 0.462. The smallest absolute Gasteiger partial charge is 0.0479 e. The molecule has 6 heteroatoms. The van der Waals surface area contributed by atoms with Gasteiger partial charge in [0.25, 0.3) is 0 Å². The molecule has 0 bridgehead atoms. The van der Waals surface area contributed by atoms with E-state index in [1.165, 1.54) is 58.8 Å². The molecular formula is C18H40N2O4. The average Bonchev–Trinajstić information content (AvgIpc) is 2.47. The van der Waals surface area contributed by atoms with Crippen LogP contribution in [0.4, 0.5) is 0 Å². The fourth-order valence-electron chi connectivity index (χ4n) is 2.74. The van der Waals surface area contributed by atoms with Gasteiger partial charge in [0.05, 0.1) is 0 Å². The number of carbonyl (C=O) groups excluding carboxylic acids is 2. The molecule has 146 valence electrons. The fourth-order valence-corrected chi connectivity index (χ4v) is 2.74. The minimum Gasteiger partial charge on any atom is -0.550 e. The number of quaternary nitrogens is 2. The van der Waals surface area contributed by atoms with E-state index in [1.807, 2.05) is 0 Å². The molecule has 0 saturated heterocycles. The maximum Gasteiger partial charge on any atom is 0.0479 e. The molecule has 2 unspecified atom stereocenters. The van der Waals surface area contributed by atoms with E-state index in [4.69, 9.17) is 0 Å². The first-order valence-corrected chi connectivity index (χ1v) is 8.78. The van der Waals surface area contributed by atoms with Crippen LogP contribution >= 0.6 is 0 Å². The second-order valence-electron chi connectivity index (χ2n) is 6.68. The summed E-state index contributed by atoms with van der Waals surface area (Å²) in [5.74, 6) is -3.64. The molecule has 0 aromatic heterocycles. The summed E-state index contributed by atoms with van der Waals surface area (Å²) in [6.07, 6.45) is 12.0. The van der Waals surface area contributed by atoms with Gasteiger partial charge in [-0.2, -0.15) is 0 Å². The third-order valence-corrected chi connectivity index (χ3v) is 4.83. The zero-order valence-electron chi connectivity index (χ0n) is 16.5. The van der Waals surface area contributed by atoms with Gasteiger partial charge < -0.3 is 32.1 Å². The van der Waals surface area contributed by atoms with Crippen molar-refractivity contribution in [3.05, 3.63) is 0 Å². The largest absolute Gasteiger partial charge is 0.550 e. The monoisotopic (exact) mass is 348 g/mol. The first kappa shape index (κ1) is 27.7. The molecule has 8 N–H and O–H groups in total. The topological polar surface area (TPSA) is 153 Å². The van der Waals surface area contributed by atoms with E-state index in [0.717, 1.165) is 19.3 Å². The molecule has 0 amide bonds. The van der Waals surface area contributed by atoms with Crippen LogP contribution in [0.1, 0.15) is 91.4 Å². The number of carboxylic acid groups (broad SMARTS) is 2. The van der Waals surface area contributed by atoms with Gasteiger partial charge >= 0.3 is 0 Å². The van der Waals surface area contributed by atoms with Crippen molar-refractivity contribution in [1.82, 2.24) is 12.3 Å². The first-order valence-electron chi connectivity index (χ1n) is 8.78. The van der Waals surface area contributed by atoms with Crippen molar-refractivity contribution in [1.29, 1.82) is 0 Å². The number of aliphatic carboxylic acids is 2. The summed E-state index contributed by atoms with van der Waals surface area (Å²) in [5, 5.41) is 22.2. The van der Waals surface area contributed by atoms with Gasteiger partial charge in [0.15, 0.2) is 0 Å². The van der Waals surface area contributed by atoms with Crippen molar-refractivity contribution in [3.63, 3.8) is 0 Å². The Hall–Kier alpha value is -1.14. The minimum absolute atomic E-state index is 0. The normalized spacial score (nSPS) is 14.0. The van der Waals surface area contributed by atoms with Crippen LogP contribution in [-0.2, 0) is 9.59 Å². The van der Waals surface area contributed by atoms with Crippen molar-refractivity contribution >= 4 is 11.9 Å². The summed E-state index contributed by atoms with van der Waals surface area (Å²) in [4.78, 5) is 22.2. The molecule has 6 nitrogen and oxygen atoms in total. The highest BCUT2D eigenvalue weighted by molar-refractivity contribution is 5.80. The summed E-state index contributed by atoms with van der Waals surface area (Å²) < 4.78 is 0. The lowest BCUT2D eigenvalue weighted by Gasteiger charge is -2.37. The van der Waals surface area contributed by atoms with E-state index in [2.05, 4.69) is 6.92 Å². The van der Waals surface area contributed by atoms with Crippen LogP contribution in [0.5, 0.6) is 0 Å². The Balaban J connectivity index is -0.00000220. The van der Waals surface area contributed by atoms with Crippen LogP contribution in [0, 0.1) is 11.3 Å². The second kappa shape index (κ2) is 15.4. The Bertz CT molecular complexity index is 337. The van der Waals surface area contributed by atoms with Crippen molar-refractivity contribution in [2.24, 2.45) is 11.3 Å². The molecule has 24 heavy (non-hydrogen) atoms. The molecule has 0 spiro atoms. The number of carboxylic acids is 2. The fraction of sp³-hybridized carbons (Fsp3) is 0.889. The SMILES string of the molecule is CCCCCCCCCCCCC(C)(C(=O)[O-])C(C)C(=O)[O-].[NH4+].[NH4+]. The van der Waals surface area contributed by atoms with Gasteiger partial charge in [0, 0.05) is 23.3 Å². The van der Waals surface area contributed by atoms with Crippen molar-refractivity contribution in [2.45, 2.75) is 91.4 Å². The van der Waals surface area contributed by atoms with Crippen molar-refractivity contribution in [2.75, 3.05) is 0 Å². The number of unbranched alkanes of at least 4 members (excludes halogenated alkanes) is 9. The van der Waals surface area contributed by atoms with Crippen LogP contribution in [0.2, 0.25) is 0 Å². The Morgan fingerprint density at radius 1 is 0.833 bits per heavy atom. The van der Waals surface area contributed by atoms with Crippen LogP contribution in [-0.4, -0.2) is 11.9 Å². The summed E-state index contributed by atoms with van der Waals surface area (Å²) in [7, 11) is 0. The highest BCUT2D eigenvalue weighted by Gasteiger charge is 2.33. The molecule has 0 heterocycles. The zero-order valence-corrected chi connectivity index (χ0v) is 16.5. The summed E-state index contributed by atoms with van der Waals surface area (Å²) in [6.45, 7) is 5.06. The number of hydrogen-bond donors (Lipinski definition) is 2. The molecular weight excluding hydrogens is 308 g/mol. The van der Waals surface area contributed by atoms with Gasteiger partial charge in [0.2, 0.25) is 0 Å². The maximum absolute atomic E-state index is 11.3. The lowest BCUT2D eigenvalue weighted by Crippen LogP contribution is -2.50. The molecule has 0 fully saturated rings. The lowest BCUT2D eigenvalue weighted by atomic mass is 9.74.